The number of benzene rings is 2. The molecule has 0 unspecified atom stereocenters. The molecule has 0 aliphatic rings. The van der Waals surface area contributed by atoms with Crippen molar-refractivity contribution in [1.82, 2.24) is 14.9 Å². The van der Waals surface area contributed by atoms with Gasteiger partial charge in [0, 0.05) is 55.4 Å². The van der Waals surface area contributed by atoms with E-state index in [2.05, 4.69) is 33.2 Å². The number of aromatic nitrogens is 2. The zero-order valence-electron chi connectivity index (χ0n) is 17.2. The van der Waals surface area contributed by atoms with E-state index in [4.69, 9.17) is 4.74 Å². The predicted molar refractivity (Wildman–Crippen MR) is 118 cm³/mol. The van der Waals surface area contributed by atoms with Crippen LogP contribution in [0, 0.1) is 0 Å². The van der Waals surface area contributed by atoms with Crippen LogP contribution in [0.25, 0.3) is 10.9 Å². The van der Waals surface area contributed by atoms with Crippen LogP contribution < -0.4 is 10.1 Å². The molecule has 1 amide bonds. The maximum absolute atomic E-state index is 12.9. The Morgan fingerprint density at radius 2 is 1.90 bits per heavy atom. The highest BCUT2D eigenvalue weighted by Gasteiger charge is 2.22. The van der Waals surface area contributed by atoms with Crippen LogP contribution in [0.15, 0.2) is 79.3 Å². The van der Waals surface area contributed by atoms with Crippen molar-refractivity contribution in [2.24, 2.45) is 7.05 Å². The van der Waals surface area contributed by atoms with E-state index in [9.17, 15) is 4.79 Å². The van der Waals surface area contributed by atoms with Crippen molar-refractivity contribution in [2.75, 3.05) is 7.11 Å². The molecular weight excluding hydrogens is 374 g/mol. The Hall–Kier alpha value is -3.60. The fourth-order valence-corrected chi connectivity index (χ4v) is 3.86. The van der Waals surface area contributed by atoms with Gasteiger partial charge in [0.15, 0.2) is 0 Å². The standard InChI is InChI=1S/C25H25N3O2/c1-28-17-23(21-7-3-4-8-24(21)28)22(19-9-11-20(30-2)12-10-19)14-25(29)27-16-18-6-5-13-26-15-18/h3-13,15,17,22H,14,16H2,1-2H3,(H,27,29)/t22-/m1/s1. The Morgan fingerprint density at radius 3 is 2.63 bits per heavy atom. The molecule has 0 bridgehead atoms. The molecule has 2 aromatic heterocycles. The second-order valence-electron chi connectivity index (χ2n) is 7.38. The van der Waals surface area contributed by atoms with Crippen molar-refractivity contribution in [2.45, 2.75) is 18.9 Å². The second kappa shape index (κ2) is 8.82. The molecule has 0 fully saturated rings. The number of aryl methyl sites for hydroxylation is 1. The SMILES string of the molecule is COc1ccc([C@@H](CC(=O)NCc2cccnc2)c2cn(C)c3ccccc23)cc1. The normalized spacial score (nSPS) is 11.9. The summed E-state index contributed by atoms with van der Waals surface area (Å²) in [5.74, 6) is 0.750. The summed E-state index contributed by atoms with van der Waals surface area (Å²) in [5.41, 5.74) is 4.37. The van der Waals surface area contributed by atoms with Crippen LogP contribution >= 0.6 is 0 Å². The monoisotopic (exact) mass is 399 g/mol. The Kier molecular flexibility index (Phi) is 5.80. The molecule has 30 heavy (non-hydrogen) atoms. The van der Waals surface area contributed by atoms with Gasteiger partial charge in [-0.3, -0.25) is 9.78 Å². The molecule has 0 aliphatic carbocycles. The molecule has 0 spiro atoms. The van der Waals surface area contributed by atoms with Crippen LogP contribution in [-0.4, -0.2) is 22.6 Å². The number of nitrogens with zero attached hydrogens (tertiary/aromatic N) is 2. The van der Waals surface area contributed by atoms with E-state index in [0.29, 0.717) is 13.0 Å². The van der Waals surface area contributed by atoms with Gasteiger partial charge in [-0.25, -0.2) is 0 Å². The molecule has 2 aromatic carbocycles. The van der Waals surface area contributed by atoms with E-state index in [1.165, 1.54) is 5.39 Å². The van der Waals surface area contributed by atoms with Gasteiger partial charge in [0.25, 0.3) is 0 Å². The van der Waals surface area contributed by atoms with E-state index >= 15 is 0 Å². The number of fused-ring (bicyclic) bond motifs is 1. The first kappa shape index (κ1) is 19.7. The Bertz CT molecular complexity index is 1130. The molecule has 0 saturated carbocycles. The largest absolute Gasteiger partial charge is 0.497 e. The van der Waals surface area contributed by atoms with E-state index in [1.807, 2.05) is 55.6 Å². The quantitative estimate of drug-likeness (QED) is 0.500. The number of nitrogens with one attached hydrogen (secondary N) is 1. The van der Waals surface area contributed by atoms with Crippen molar-refractivity contribution < 1.29 is 9.53 Å². The van der Waals surface area contributed by atoms with Gasteiger partial charge in [-0.1, -0.05) is 36.4 Å². The summed E-state index contributed by atoms with van der Waals surface area (Å²) in [6.45, 7) is 0.470. The minimum atomic E-state index is -0.0593. The summed E-state index contributed by atoms with van der Waals surface area (Å²) in [4.78, 5) is 17.0. The first-order valence-corrected chi connectivity index (χ1v) is 9.99. The average molecular weight is 399 g/mol. The topological polar surface area (TPSA) is 56.1 Å². The fraction of sp³-hybridized carbons (Fsp3) is 0.200. The van der Waals surface area contributed by atoms with Crippen LogP contribution in [0.1, 0.15) is 29.0 Å². The lowest BCUT2D eigenvalue weighted by atomic mass is 9.88. The minimum Gasteiger partial charge on any atom is -0.497 e. The van der Waals surface area contributed by atoms with Crippen LogP contribution in [0.5, 0.6) is 5.75 Å². The van der Waals surface area contributed by atoms with Gasteiger partial charge >= 0.3 is 0 Å². The Morgan fingerprint density at radius 1 is 1.10 bits per heavy atom. The van der Waals surface area contributed by atoms with E-state index < -0.39 is 0 Å². The van der Waals surface area contributed by atoms with Crippen molar-refractivity contribution in [3.8, 4) is 5.75 Å². The highest BCUT2D eigenvalue weighted by Crippen LogP contribution is 2.35. The number of para-hydroxylation sites is 1. The molecule has 0 radical (unpaired) electrons. The lowest BCUT2D eigenvalue weighted by molar-refractivity contribution is -0.121. The molecule has 5 nitrogen and oxygen atoms in total. The first-order valence-electron chi connectivity index (χ1n) is 9.99. The number of hydrogen-bond donors (Lipinski definition) is 1. The highest BCUT2D eigenvalue weighted by atomic mass is 16.5. The first-order chi connectivity index (χ1) is 14.7. The van der Waals surface area contributed by atoms with Crippen molar-refractivity contribution in [1.29, 1.82) is 0 Å². The predicted octanol–water partition coefficient (Wildman–Crippen LogP) is 4.42. The summed E-state index contributed by atoms with van der Waals surface area (Å²) in [5, 5.41) is 4.20. The number of carbonyl (C=O) groups excluding carboxylic acids is 1. The lowest BCUT2D eigenvalue weighted by Crippen LogP contribution is -2.25. The summed E-state index contributed by atoms with van der Waals surface area (Å²) >= 11 is 0. The third kappa shape index (κ3) is 4.20. The van der Waals surface area contributed by atoms with E-state index in [1.54, 1.807) is 19.5 Å². The van der Waals surface area contributed by atoms with Crippen LogP contribution in [0.2, 0.25) is 0 Å². The maximum atomic E-state index is 12.9. The third-order valence-electron chi connectivity index (χ3n) is 5.42. The molecule has 1 atom stereocenters. The lowest BCUT2D eigenvalue weighted by Gasteiger charge is -2.18. The van der Waals surface area contributed by atoms with Gasteiger partial charge in [0.2, 0.25) is 5.91 Å². The molecule has 4 rings (SSSR count). The molecule has 5 heteroatoms. The summed E-state index contributed by atoms with van der Waals surface area (Å²) in [7, 11) is 3.70. The Balaban J connectivity index is 1.64. The molecule has 2 heterocycles. The number of rotatable bonds is 7. The van der Waals surface area contributed by atoms with Crippen molar-refractivity contribution in [3.05, 3.63) is 95.9 Å². The van der Waals surface area contributed by atoms with Gasteiger partial charge in [-0.15, -0.1) is 0 Å². The van der Waals surface area contributed by atoms with Gasteiger partial charge in [-0.05, 0) is 41.0 Å². The highest BCUT2D eigenvalue weighted by molar-refractivity contribution is 5.86. The Labute approximate surface area is 176 Å². The summed E-state index contributed by atoms with van der Waals surface area (Å²) in [6, 6.07) is 20.1. The number of pyridine rings is 1. The number of carbonyl (C=O) groups is 1. The summed E-state index contributed by atoms with van der Waals surface area (Å²) < 4.78 is 7.43. The second-order valence-corrected chi connectivity index (χ2v) is 7.38. The van der Waals surface area contributed by atoms with E-state index in [0.717, 1.165) is 28.0 Å². The molecule has 0 saturated heterocycles. The fourth-order valence-electron chi connectivity index (χ4n) is 3.86. The van der Waals surface area contributed by atoms with Crippen LogP contribution in [0.3, 0.4) is 0 Å². The number of hydrogen-bond acceptors (Lipinski definition) is 3. The molecule has 1 N–H and O–H groups in total. The van der Waals surface area contributed by atoms with Crippen LogP contribution in [0.4, 0.5) is 0 Å². The van der Waals surface area contributed by atoms with Gasteiger partial charge in [0.1, 0.15) is 5.75 Å². The zero-order valence-corrected chi connectivity index (χ0v) is 17.2. The van der Waals surface area contributed by atoms with Crippen molar-refractivity contribution >= 4 is 16.8 Å². The number of ether oxygens (including phenoxy) is 1. The zero-order chi connectivity index (χ0) is 20.9. The molecular formula is C25H25N3O2. The number of methoxy groups -OCH3 is 1. The van der Waals surface area contributed by atoms with Gasteiger partial charge < -0.3 is 14.6 Å². The van der Waals surface area contributed by atoms with Crippen LogP contribution in [-0.2, 0) is 18.4 Å². The summed E-state index contributed by atoms with van der Waals surface area (Å²) in [6.07, 6.45) is 5.99. The van der Waals surface area contributed by atoms with Crippen molar-refractivity contribution in [3.63, 3.8) is 0 Å². The maximum Gasteiger partial charge on any atom is 0.221 e. The molecule has 4 aromatic rings. The smallest absolute Gasteiger partial charge is 0.221 e. The number of amides is 1. The average Bonchev–Trinajstić information content (AvgIpc) is 3.13. The van der Waals surface area contributed by atoms with Gasteiger partial charge in [0.05, 0.1) is 7.11 Å². The minimum absolute atomic E-state index is 0.00704. The van der Waals surface area contributed by atoms with E-state index in [-0.39, 0.29) is 11.8 Å². The molecule has 152 valence electrons. The third-order valence-corrected chi connectivity index (χ3v) is 5.42. The molecule has 0 aliphatic heterocycles. The van der Waals surface area contributed by atoms with Gasteiger partial charge in [-0.2, -0.15) is 0 Å².